The van der Waals surface area contributed by atoms with E-state index in [1.807, 2.05) is 0 Å². The molecule has 0 saturated heterocycles. The van der Waals surface area contributed by atoms with Crippen LogP contribution in [-0.2, 0) is 0 Å². The number of hydrogen-bond donors (Lipinski definition) is 0. The summed E-state index contributed by atoms with van der Waals surface area (Å²) in [5, 5.41) is 0. The van der Waals surface area contributed by atoms with Gasteiger partial charge in [-0.2, -0.15) is 0 Å². The third-order valence-electron chi connectivity index (χ3n) is 4.87. The molecule has 0 saturated carbocycles. The summed E-state index contributed by atoms with van der Waals surface area (Å²) >= 11 is 0. The van der Waals surface area contributed by atoms with Gasteiger partial charge in [0, 0.05) is 0 Å². The normalized spacial score (nSPS) is 12.0. The van der Waals surface area contributed by atoms with Crippen molar-refractivity contribution in [3.8, 4) is 0 Å². The fourth-order valence-corrected chi connectivity index (χ4v) is 3.72. The first-order chi connectivity index (χ1) is 10.2. The van der Waals surface area contributed by atoms with Gasteiger partial charge in [0.05, 0.1) is 26.2 Å². The zero-order valence-corrected chi connectivity index (χ0v) is 15.8. The van der Waals surface area contributed by atoms with Crippen LogP contribution in [0.5, 0.6) is 0 Å². The third kappa shape index (κ3) is 11.2. The zero-order chi connectivity index (χ0) is 15.8. The highest BCUT2D eigenvalue weighted by Gasteiger charge is 2.24. The van der Waals surface area contributed by atoms with E-state index in [0.29, 0.717) is 0 Å². The van der Waals surface area contributed by atoms with Gasteiger partial charge in [0.15, 0.2) is 0 Å². The van der Waals surface area contributed by atoms with E-state index in [-0.39, 0.29) is 0 Å². The second-order valence-electron chi connectivity index (χ2n) is 7.06. The van der Waals surface area contributed by atoms with Gasteiger partial charge in [-0.15, -0.1) is 0 Å². The molecule has 0 rings (SSSR count). The number of nitrogens with zero attached hydrogens (tertiary/aromatic N) is 1. The van der Waals surface area contributed by atoms with E-state index in [1.165, 1.54) is 108 Å². The SMILES string of the molecule is CCCCCCCC[N+](CCC)(CCC)CCCCCC. The molecule has 0 aromatic heterocycles. The maximum atomic E-state index is 2.37. The van der Waals surface area contributed by atoms with Crippen LogP contribution in [0.25, 0.3) is 0 Å². The molecule has 0 bridgehead atoms. The topological polar surface area (TPSA) is 0 Å². The van der Waals surface area contributed by atoms with Gasteiger partial charge in [-0.25, -0.2) is 0 Å². The summed E-state index contributed by atoms with van der Waals surface area (Å²) in [4.78, 5) is 0. The first-order valence-electron chi connectivity index (χ1n) is 10.1. The van der Waals surface area contributed by atoms with E-state index >= 15 is 0 Å². The fourth-order valence-electron chi connectivity index (χ4n) is 3.72. The van der Waals surface area contributed by atoms with Gasteiger partial charge in [-0.3, -0.25) is 0 Å². The summed E-state index contributed by atoms with van der Waals surface area (Å²) in [5.74, 6) is 0. The van der Waals surface area contributed by atoms with Crippen molar-refractivity contribution < 1.29 is 4.48 Å². The first kappa shape index (κ1) is 21.0. The highest BCUT2D eigenvalue weighted by Crippen LogP contribution is 2.17. The van der Waals surface area contributed by atoms with Crippen molar-refractivity contribution in [2.24, 2.45) is 0 Å². The molecule has 0 aliphatic heterocycles. The standard InChI is InChI=1S/C20H44N/c1-5-9-11-13-14-16-20-21(17-7-3,18-8-4)19-15-12-10-6-2/h5-20H2,1-4H3/q+1. The first-order valence-corrected chi connectivity index (χ1v) is 10.1. The minimum absolute atomic E-state index is 1.35. The molecule has 0 fully saturated rings. The van der Waals surface area contributed by atoms with E-state index < -0.39 is 0 Å². The number of rotatable bonds is 16. The second kappa shape index (κ2) is 14.9. The van der Waals surface area contributed by atoms with Crippen LogP contribution < -0.4 is 0 Å². The molecule has 0 unspecified atom stereocenters. The third-order valence-corrected chi connectivity index (χ3v) is 4.87. The van der Waals surface area contributed by atoms with Crippen LogP contribution in [0.1, 0.15) is 105 Å². The van der Waals surface area contributed by atoms with Crippen molar-refractivity contribution in [3.05, 3.63) is 0 Å². The summed E-state index contributed by atoms with van der Waals surface area (Å²) in [6.45, 7) is 15.1. The van der Waals surface area contributed by atoms with Gasteiger partial charge in [-0.1, -0.05) is 66.2 Å². The lowest BCUT2D eigenvalue weighted by Gasteiger charge is -2.39. The summed E-state index contributed by atoms with van der Waals surface area (Å²) in [6.07, 6.45) is 17.0. The average Bonchev–Trinajstić information content (AvgIpc) is 2.48. The van der Waals surface area contributed by atoms with Crippen LogP contribution in [0.15, 0.2) is 0 Å². The van der Waals surface area contributed by atoms with E-state index in [2.05, 4.69) is 27.7 Å². The Bertz CT molecular complexity index is 194. The zero-order valence-electron chi connectivity index (χ0n) is 15.8. The largest absolute Gasteiger partial charge is 0.324 e. The molecule has 128 valence electrons. The van der Waals surface area contributed by atoms with Crippen molar-refractivity contribution in [1.29, 1.82) is 0 Å². The molecule has 0 atom stereocenters. The van der Waals surface area contributed by atoms with Crippen molar-refractivity contribution in [2.45, 2.75) is 105 Å². The molecular weight excluding hydrogens is 254 g/mol. The van der Waals surface area contributed by atoms with Crippen LogP contribution in [0.2, 0.25) is 0 Å². The molecule has 0 aliphatic rings. The molecule has 0 aromatic rings. The number of unbranched alkanes of at least 4 members (excludes halogenated alkanes) is 8. The maximum Gasteiger partial charge on any atom is 0.0786 e. The Morgan fingerprint density at radius 1 is 0.381 bits per heavy atom. The Morgan fingerprint density at radius 2 is 0.762 bits per heavy atom. The Morgan fingerprint density at radius 3 is 1.19 bits per heavy atom. The highest BCUT2D eigenvalue weighted by molar-refractivity contribution is 4.50. The quantitative estimate of drug-likeness (QED) is 0.223. The van der Waals surface area contributed by atoms with Crippen LogP contribution in [-0.4, -0.2) is 30.7 Å². The molecule has 1 nitrogen and oxygen atoms in total. The van der Waals surface area contributed by atoms with Gasteiger partial charge in [0.25, 0.3) is 0 Å². The molecule has 21 heavy (non-hydrogen) atoms. The van der Waals surface area contributed by atoms with Gasteiger partial charge in [-0.05, 0) is 38.5 Å². The predicted molar refractivity (Wildman–Crippen MR) is 97.8 cm³/mol. The number of hydrogen-bond acceptors (Lipinski definition) is 0. The maximum absolute atomic E-state index is 2.37. The monoisotopic (exact) mass is 298 g/mol. The molecule has 0 amide bonds. The van der Waals surface area contributed by atoms with Crippen molar-refractivity contribution in [2.75, 3.05) is 26.2 Å². The molecule has 1 heteroatoms. The lowest BCUT2D eigenvalue weighted by molar-refractivity contribution is -0.928. The molecule has 0 radical (unpaired) electrons. The van der Waals surface area contributed by atoms with Gasteiger partial charge in [0.1, 0.15) is 0 Å². The van der Waals surface area contributed by atoms with Crippen molar-refractivity contribution in [1.82, 2.24) is 0 Å². The fraction of sp³-hybridized carbons (Fsp3) is 1.00. The van der Waals surface area contributed by atoms with Crippen LogP contribution in [0, 0.1) is 0 Å². The van der Waals surface area contributed by atoms with Gasteiger partial charge >= 0.3 is 0 Å². The highest BCUT2D eigenvalue weighted by atomic mass is 15.3. The lowest BCUT2D eigenvalue weighted by Crippen LogP contribution is -2.50. The van der Waals surface area contributed by atoms with Crippen LogP contribution in [0.3, 0.4) is 0 Å². The average molecular weight is 299 g/mol. The molecular formula is C20H44N+. The van der Waals surface area contributed by atoms with E-state index in [0.717, 1.165) is 0 Å². The van der Waals surface area contributed by atoms with Crippen LogP contribution >= 0.6 is 0 Å². The van der Waals surface area contributed by atoms with E-state index in [4.69, 9.17) is 0 Å². The Kier molecular flexibility index (Phi) is 14.9. The van der Waals surface area contributed by atoms with Gasteiger partial charge < -0.3 is 4.48 Å². The summed E-state index contributed by atoms with van der Waals surface area (Å²) in [5.41, 5.74) is 0. The second-order valence-corrected chi connectivity index (χ2v) is 7.06. The smallest absolute Gasteiger partial charge is 0.0786 e. The molecule has 0 aliphatic carbocycles. The Balaban J connectivity index is 4.14. The summed E-state index contributed by atoms with van der Waals surface area (Å²) in [7, 11) is 0. The van der Waals surface area contributed by atoms with E-state index in [1.54, 1.807) is 0 Å². The van der Waals surface area contributed by atoms with Gasteiger partial charge in [0.2, 0.25) is 0 Å². The molecule has 0 heterocycles. The van der Waals surface area contributed by atoms with Crippen molar-refractivity contribution >= 4 is 0 Å². The van der Waals surface area contributed by atoms with Crippen molar-refractivity contribution in [3.63, 3.8) is 0 Å². The predicted octanol–water partition coefficient (Wildman–Crippen LogP) is 6.56. The molecule has 0 N–H and O–H groups in total. The minimum atomic E-state index is 1.35. The van der Waals surface area contributed by atoms with Crippen LogP contribution in [0.4, 0.5) is 0 Å². The molecule has 0 aromatic carbocycles. The van der Waals surface area contributed by atoms with E-state index in [9.17, 15) is 0 Å². The Labute approximate surface area is 136 Å². The Hall–Kier alpha value is -0.0400. The lowest BCUT2D eigenvalue weighted by atomic mass is 10.1. The summed E-state index contributed by atoms with van der Waals surface area (Å²) < 4.78 is 1.42. The minimum Gasteiger partial charge on any atom is -0.324 e. The molecule has 0 spiro atoms. The summed E-state index contributed by atoms with van der Waals surface area (Å²) in [6, 6.07) is 0. The number of quaternary nitrogens is 1.